The van der Waals surface area contributed by atoms with Crippen LogP contribution in [0.15, 0.2) is 12.3 Å². The van der Waals surface area contributed by atoms with E-state index in [1.807, 2.05) is 13.0 Å². The first-order valence-electron chi connectivity index (χ1n) is 11.4. The van der Waals surface area contributed by atoms with Crippen LogP contribution in [-0.2, 0) is 14.0 Å². The van der Waals surface area contributed by atoms with Gasteiger partial charge in [0.15, 0.2) is 8.32 Å². The minimum Gasteiger partial charge on any atom is -0.466 e. The Morgan fingerprint density at radius 1 is 1.32 bits per heavy atom. The average Bonchev–Trinajstić information content (AvgIpc) is 2.70. The summed E-state index contributed by atoms with van der Waals surface area (Å²) in [6, 6.07) is 1.86. The second-order valence-corrected chi connectivity index (χ2v) is 14.4. The molecule has 1 atom stereocenters. The lowest BCUT2D eigenvalue weighted by Gasteiger charge is -2.30. The number of piperidine rings is 1. The quantitative estimate of drug-likeness (QED) is 0.330. The number of anilines is 1. The van der Waals surface area contributed by atoms with Gasteiger partial charge in [0.05, 0.1) is 12.5 Å². The fraction of sp³-hybridized carbons (Fsp3) is 0.708. The molecule has 6 nitrogen and oxygen atoms in total. The summed E-state index contributed by atoms with van der Waals surface area (Å²) in [4.78, 5) is 23.1. The van der Waals surface area contributed by atoms with E-state index in [1.54, 1.807) is 6.20 Å². The molecule has 1 aromatic rings. The third-order valence-corrected chi connectivity index (χ3v) is 6.41. The van der Waals surface area contributed by atoms with E-state index in [0.29, 0.717) is 12.6 Å². The number of esters is 1. The fourth-order valence-corrected chi connectivity index (χ4v) is 4.99. The first-order valence-corrected chi connectivity index (χ1v) is 14.9. The van der Waals surface area contributed by atoms with Gasteiger partial charge in [-0.25, -0.2) is 9.97 Å². The summed E-state index contributed by atoms with van der Waals surface area (Å²) < 4.78 is 11.3. The highest BCUT2D eigenvalue weighted by Gasteiger charge is 2.27. The SMILES string of the molecule is CCOC(=O)C1CCN(c2nccc(C#CC(C)(C)CCC(C)O[Si](C)(C)C)n2)CC1. The molecule has 7 heteroatoms. The summed E-state index contributed by atoms with van der Waals surface area (Å²) >= 11 is 0. The maximum Gasteiger partial charge on any atom is 0.309 e. The van der Waals surface area contributed by atoms with Gasteiger partial charge in [0.25, 0.3) is 0 Å². The fourth-order valence-electron chi connectivity index (χ4n) is 3.67. The van der Waals surface area contributed by atoms with Crippen LogP contribution in [0.25, 0.3) is 0 Å². The van der Waals surface area contributed by atoms with E-state index in [4.69, 9.17) is 9.16 Å². The van der Waals surface area contributed by atoms with Gasteiger partial charge in [0.2, 0.25) is 5.95 Å². The Kier molecular flexibility index (Phi) is 9.08. The van der Waals surface area contributed by atoms with Crippen LogP contribution in [0.1, 0.15) is 59.1 Å². The molecular weight excluding hydrogens is 406 g/mol. The van der Waals surface area contributed by atoms with Gasteiger partial charge in [0.1, 0.15) is 5.69 Å². The van der Waals surface area contributed by atoms with E-state index < -0.39 is 8.32 Å². The molecule has 0 aromatic carbocycles. The lowest BCUT2D eigenvalue weighted by molar-refractivity contribution is -0.148. The number of hydrogen-bond donors (Lipinski definition) is 0. The summed E-state index contributed by atoms with van der Waals surface area (Å²) in [5, 5.41) is 0. The van der Waals surface area contributed by atoms with Gasteiger partial charge in [-0.2, -0.15) is 0 Å². The molecule has 2 rings (SSSR count). The molecule has 1 saturated heterocycles. The van der Waals surface area contributed by atoms with Crippen molar-refractivity contribution in [3.8, 4) is 11.8 Å². The van der Waals surface area contributed by atoms with Crippen molar-refractivity contribution >= 4 is 20.2 Å². The third kappa shape index (κ3) is 9.00. The predicted octanol–water partition coefficient (Wildman–Crippen LogP) is 4.65. The molecule has 1 unspecified atom stereocenters. The van der Waals surface area contributed by atoms with Crippen LogP contribution in [0, 0.1) is 23.2 Å². The Morgan fingerprint density at radius 3 is 2.61 bits per heavy atom. The molecule has 0 saturated carbocycles. The molecule has 1 aliphatic heterocycles. The van der Waals surface area contributed by atoms with Crippen LogP contribution >= 0.6 is 0 Å². The van der Waals surface area contributed by atoms with Crippen molar-refractivity contribution < 1.29 is 14.0 Å². The van der Waals surface area contributed by atoms with Crippen LogP contribution in [0.3, 0.4) is 0 Å². The zero-order chi connectivity index (χ0) is 23.1. The smallest absolute Gasteiger partial charge is 0.309 e. The Morgan fingerprint density at radius 2 is 2.00 bits per heavy atom. The molecule has 0 N–H and O–H groups in total. The summed E-state index contributed by atoms with van der Waals surface area (Å²) in [5.74, 6) is 7.22. The van der Waals surface area contributed by atoms with Crippen molar-refractivity contribution in [1.82, 2.24) is 9.97 Å². The zero-order valence-corrected chi connectivity index (χ0v) is 21.3. The summed E-state index contributed by atoms with van der Waals surface area (Å²) in [5.41, 5.74) is 0.622. The second-order valence-electron chi connectivity index (χ2n) is 9.97. The number of rotatable bonds is 8. The number of carbonyl (C=O) groups is 1. The Bertz CT molecular complexity index is 787. The van der Waals surface area contributed by atoms with Crippen molar-refractivity contribution in [1.29, 1.82) is 0 Å². The molecule has 1 fully saturated rings. The minimum atomic E-state index is -1.51. The lowest BCUT2D eigenvalue weighted by Crippen LogP contribution is -2.37. The molecule has 0 bridgehead atoms. The normalized spacial score (nSPS) is 16.4. The minimum absolute atomic E-state index is 0.0210. The summed E-state index contributed by atoms with van der Waals surface area (Å²) in [7, 11) is -1.51. The topological polar surface area (TPSA) is 64.5 Å². The molecule has 0 aliphatic carbocycles. The van der Waals surface area contributed by atoms with Gasteiger partial charge in [-0.05, 0) is 85.0 Å². The van der Waals surface area contributed by atoms with Crippen molar-refractivity contribution in [3.05, 3.63) is 18.0 Å². The van der Waals surface area contributed by atoms with E-state index in [2.05, 4.69) is 67.1 Å². The highest BCUT2D eigenvalue weighted by Crippen LogP contribution is 2.25. The molecule has 0 radical (unpaired) electrons. The van der Waals surface area contributed by atoms with Gasteiger partial charge < -0.3 is 14.1 Å². The number of aromatic nitrogens is 2. The Hall–Kier alpha value is -1.91. The molecule has 0 amide bonds. The Labute approximate surface area is 189 Å². The van der Waals surface area contributed by atoms with Gasteiger partial charge in [-0.1, -0.05) is 5.92 Å². The molecule has 0 spiro atoms. The van der Waals surface area contributed by atoms with Crippen LogP contribution in [0.2, 0.25) is 19.6 Å². The van der Waals surface area contributed by atoms with E-state index in [0.717, 1.165) is 44.5 Å². The van der Waals surface area contributed by atoms with Crippen LogP contribution < -0.4 is 4.90 Å². The standard InChI is InChI=1S/C24H39N3O3Si/c1-8-29-22(28)20-12-17-27(18-13-20)23-25-16-11-21(26-23)10-15-24(3,4)14-9-19(2)30-31(5,6)7/h11,16,19-20H,8-9,12-14,17-18H2,1-7H3. The average molecular weight is 446 g/mol. The molecular formula is C24H39N3O3Si. The monoisotopic (exact) mass is 445 g/mol. The van der Waals surface area contributed by atoms with E-state index in [9.17, 15) is 4.79 Å². The largest absolute Gasteiger partial charge is 0.466 e. The summed E-state index contributed by atoms with van der Waals surface area (Å²) in [6.45, 7) is 16.9. The van der Waals surface area contributed by atoms with E-state index >= 15 is 0 Å². The highest BCUT2D eigenvalue weighted by molar-refractivity contribution is 6.69. The molecule has 31 heavy (non-hydrogen) atoms. The van der Waals surface area contributed by atoms with E-state index in [-0.39, 0.29) is 23.4 Å². The van der Waals surface area contributed by atoms with Gasteiger partial charge in [-0.15, -0.1) is 0 Å². The molecule has 1 aromatic heterocycles. The number of hydrogen-bond acceptors (Lipinski definition) is 6. The number of ether oxygens (including phenoxy) is 1. The molecule has 1 aliphatic rings. The zero-order valence-electron chi connectivity index (χ0n) is 20.3. The highest BCUT2D eigenvalue weighted by atomic mass is 28.4. The van der Waals surface area contributed by atoms with Crippen molar-refractivity contribution in [2.24, 2.45) is 11.3 Å². The summed E-state index contributed by atoms with van der Waals surface area (Å²) in [6.07, 6.45) is 5.53. The second kappa shape index (κ2) is 11.1. The number of nitrogens with zero attached hydrogens (tertiary/aromatic N) is 3. The first-order chi connectivity index (χ1) is 14.5. The van der Waals surface area contributed by atoms with Crippen molar-refractivity contribution in [3.63, 3.8) is 0 Å². The van der Waals surface area contributed by atoms with E-state index in [1.165, 1.54) is 0 Å². The molecule has 172 valence electrons. The Balaban J connectivity index is 1.94. The van der Waals surface area contributed by atoms with Gasteiger partial charge >= 0.3 is 5.97 Å². The lowest BCUT2D eigenvalue weighted by atomic mass is 9.87. The van der Waals surface area contributed by atoms with Crippen LogP contribution in [0.4, 0.5) is 5.95 Å². The third-order valence-electron chi connectivity index (χ3n) is 5.30. The van der Waals surface area contributed by atoms with Crippen molar-refractivity contribution in [2.45, 2.75) is 79.1 Å². The number of carbonyl (C=O) groups excluding carboxylic acids is 1. The predicted molar refractivity (Wildman–Crippen MR) is 127 cm³/mol. The van der Waals surface area contributed by atoms with Crippen LogP contribution in [-0.4, -0.2) is 50.1 Å². The maximum atomic E-state index is 11.9. The maximum absolute atomic E-state index is 11.9. The molecule has 2 heterocycles. The van der Waals surface area contributed by atoms with Crippen LogP contribution in [0.5, 0.6) is 0 Å². The van der Waals surface area contributed by atoms with Crippen molar-refractivity contribution in [2.75, 3.05) is 24.6 Å². The van der Waals surface area contributed by atoms with Gasteiger partial charge in [0, 0.05) is 30.8 Å². The van der Waals surface area contributed by atoms with Gasteiger partial charge in [-0.3, -0.25) is 4.79 Å². The first kappa shape index (κ1) is 25.3.